The highest BCUT2D eigenvalue weighted by atomic mass is 35.5. The lowest BCUT2D eigenvalue weighted by molar-refractivity contribution is 0.284. The first kappa shape index (κ1) is 19.8. The van der Waals surface area contributed by atoms with Crippen molar-refractivity contribution in [3.63, 3.8) is 0 Å². The van der Waals surface area contributed by atoms with Crippen LogP contribution in [-0.2, 0) is 6.61 Å². The summed E-state index contributed by atoms with van der Waals surface area (Å²) in [4.78, 5) is 7.66. The van der Waals surface area contributed by atoms with E-state index in [9.17, 15) is 0 Å². The van der Waals surface area contributed by atoms with Crippen molar-refractivity contribution in [2.24, 2.45) is 5.10 Å². The summed E-state index contributed by atoms with van der Waals surface area (Å²) in [7, 11) is 1.61. The normalized spacial score (nSPS) is 11.2. The van der Waals surface area contributed by atoms with Crippen LogP contribution in [0.3, 0.4) is 0 Å². The number of aryl methyl sites for hydroxylation is 1. The maximum atomic E-state index is 6.02. The predicted molar refractivity (Wildman–Crippen MR) is 121 cm³/mol. The molecule has 0 radical (unpaired) electrons. The number of nitrogens with one attached hydrogen (secondary N) is 2. The fraction of sp³-hybridized carbons (Fsp3) is 0.130. The zero-order chi connectivity index (χ0) is 20.9. The van der Waals surface area contributed by atoms with Gasteiger partial charge in [0.15, 0.2) is 11.5 Å². The zero-order valence-electron chi connectivity index (χ0n) is 16.6. The van der Waals surface area contributed by atoms with Crippen molar-refractivity contribution >= 4 is 34.8 Å². The number of hydrogen-bond donors (Lipinski definition) is 2. The van der Waals surface area contributed by atoms with Crippen molar-refractivity contribution in [3.05, 3.63) is 82.4 Å². The fourth-order valence-electron chi connectivity index (χ4n) is 3.02. The highest BCUT2D eigenvalue weighted by molar-refractivity contribution is 6.30. The molecular formula is C23H21ClN4O2. The van der Waals surface area contributed by atoms with Gasteiger partial charge >= 0.3 is 0 Å². The molecule has 0 spiro atoms. The van der Waals surface area contributed by atoms with Gasteiger partial charge in [0.25, 0.3) is 0 Å². The largest absolute Gasteiger partial charge is 0.493 e. The Hall–Kier alpha value is -3.51. The Morgan fingerprint density at radius 3 is 2.83 bits per heavy atom. The minimum absolute atomic E-state index is 0.400. The average molecular weight is 421 g/mol. The molecule has 0 aliphatic heterocycles. The van der Waals surface area contributed by atoms with E-state index in [4.69, 9.17) is 21.1 Å². The number of halogens is 1. The molecule has 30 heavy (non-hydrogen) atoms. The van der Waals surface area contributed by atoms with Crippen LogP contribution in [0.5, 0.6) is 11.5 Å². The molecule has 3 aromatic carbocycles. The minimum Gasteiger partial charge on any atom is -0.493 e. The fourth-order valence-corrected chi connectivity index (χ4v) is 3.23. The Kier molecular flexibility index (Phi) is 5.86. The Bertz CT molecular complexity index is 1200. The van der Waals surface area contributed by atoms with E-state index in [1.807, 2.05) is 67.6 Å². The summed E-state index contributed by atoms with van der Waals surface area (Å²) < 4.78 is 11.3. The van der Waals surface area contributed by atoms with Crippen LogP contribution in [0.15, 0.2) is 65.8 Å². The third-order valence-electron chi connectivity index (χ3n) is 4.49. The number of imidazole rings is 1. The average Bonchev–Trinajstić information content (AvgIpc) is 3.14. The second-order valence-corrected chi connectivity index (χ2v) is 7.24. The van der Waals surface area contributed by atoms with Gasteiger partial charge in [0, 0.05) is 5.02 Å². The quantitative estimate of drug-likeness (QED) is 0.303. The predicted octanol–water partition coefficient (Wildman–Crippen LogP) is 5.56. The van der Waals surface area contributed by atoms with Crippen LogP contribution in [0.4, 0.5) is 5.95 Å². The molecule has 0 saturated heterocycles. The Morgan fingerprint density at radius 2 is 2.00 bits per heavy atom. The number of fused-ring (bicyclic) bond motifs is 1. The van der Waals surface area contributed by atoms with Crippen molar-refractivity contribution in [2.75, 3.05) is 12.5 Å². The highest BCUT2D eigenvalue weighted by Gasteiger charge is 2.06. The number of methoxy groups -OCH3 is 1. The number of hydrogen-bond acceptors (Lipinski definition) is 5. The lowest BCUT2D eigenvalue weighted by atomic mass is 10.2. The summed E-state index contributed by atoms with van der Waals surface area (Å²) >= 11 is 6.02. The van der Waals surface area contributed by atoms with Gasteiger partial charge in [0.1, 0.15) is 6.61 Å². The van der Waals surface area contributed by atoms with Crippen molar-refractivity contribution in [2.45, 2.75) is 13.5 Å². The summed E-state index contributed by atoms with van der Waals surface area (Å²) in [6.07, 6.45) is 1.70. The second kappa shape index (κ2) is 8.88. The first-order chi connectivity index (χ1) is 14.6. The van der Waals surface area contributed by atoms with Gasteiger partial charge in [0.2, 0.25) is 5.95 Å². The molecule has 6 nitrogen and oxygen atoms in total. The van der Waals surface area contributed by atoms with Gasteiger partial charge in [-0.3, -0.25) is 0 Å². The number of ether oxygens (including phenoxy) is 2. The topological polar surface area (TPSA) is 71.5 Å². The lowest BCUT2D eigenvalue weighted by Gasteiger charge is -2.11. The van der Waals surface area contributed by atoms with E-state index < -0.39 is 0 Å². The van der Waals surface area contributed by atoms with Crippen LogP contribution in [-0.4, -0.2) is 23.3 Å². The maximum absolute atomic E-state index is 6.02. The zero-order valence-corrected chi connectivity index (χ0v) is 17.4. The molecule has 0 fully saturated rings. The van der Waals surface area contributed by atoms with Crippen LogP contribution in [0.25, 0.3) is 11.0 Å². The van der Waals surface area contributed by atoms with Crippen molar-refractivity contribution in [3.8, 4) is 11.5 Å². The summed E-state index contributed by atoms with van der Waals surface area (Å²) in [5.74, 6) is 1.86. The monoisotopic (exact) mass is 420 g/mol. The SMILES string of the molecule is COc1cc(/C=N\Nc2nc3ccc(C)cc3[nH]2)ccc1OCc1cccc(Cl)c1. The molecule has 4 aromatic rings. The number of nitrogens with zero attached hydrogens (tertiary/aromatic N) is 2. The molecule has 0 aliphatic rings. The molecule has 0 bridgehead atoms. The standard InChI is InChI=1S/C23H21ClN4O2/c1-15-6-8-19-20(10-15)27-23(26-19)28-25-13-16-7-9-21(22(12-16)29-2)30-14-17-4-3-5-18(24)11-17/h3-13H,14H2,1-2H3,(H2,26,27,28)/b25-13-. The summed E-state index contributed by atoms with van der Waals surface area (Å²) in [5.41, 5.74) is 7.80. The van der Waals surface area contributed by atoms with E-state index in [0.717, 1.165) is 22.2 Å². The minimum atomic E-state index is 0.400. The van der Waals surface area contributed by atoms with Crippen LogP contribution in [0, 0.1) is 6.92 Å². The van der Waals surface area contributed by atoms with Crippen molar-refractivity contribution < 1.29 is 9.47 Å². The first-order valence-corrected chi connectivity index (χ1v) is 9.79. The van der Waals surface area contributed by atoms with Crippen LogP contribution < -0.4 is 14.9 Å². The molecule has 0 amide bonds. The van der Waals surface area contributed by atoms with E-state index in [0.29, 0.717) is 29.1 Å². The van der Waals surface area contributed by atoms with Gasteiger partial charge in [-0.05, 0) is 66.1 Å². The van der Waals surface area contributed by atoms with Gasteiger partial charge < -0.3 is 14.5 Å². The number of aromatic nitrogens is 2. The third-order valence-corrected chi connectivity index (χ3v) is 4.73. The summed E-state index contributed by atoms with van der Waals surface area (Å²) in [6, 6.07) is 19.2. The van der Waals surface area contributed by atoms with Gasteiger partial charge in [-0.1, -0.05) is 29.8 Å². The third kappa shape index (κ3) is 4.72. The van der Waals surface area contributed by atoms with E-state index in [-0.39, 0.29) is 0 Å². The van der Waals surface area contributed by atoms with E-state index in [1.165, 1.54) is 5.56 Å². The number of H-pyrrole nitrogens is 1. The number of rotatable bonds is 7. The molecule has 0 unspecified atom stereocenters. The molecule has 0 aliphatic carbocycles. The molecule has 2 N–H and O–H groups in total. The number of aromatic amines is 1. The number of benzene rings is 3. The number of anilines is 1. The molecular weight excluding hydrogens is 400 g/mol. The van der Waals surface area contributed by atoms with E-state index >= 15 is 0 Å². The molecule has 1 heterocycles. The molecule has 7 heteroatoms. The smallest absolute Gasteiger partial charge is 0.222 e. The summed E-state index contributed by atoms with van der Waals surface area (Å²) in [5, 5.41) is 4.94. The van der Waals surface area contributed by atoms with Crippen LogP contribution >= 0.6 is 11.6 Å². The van der Waals surface area contributed by atoms with Gasteiger partial charge in [-0.25, -0.2) is 10.4 Å². The van der Waals surface area contributed by atoms with Crippen molar-refractivity contribution in [1.29, 1.82) is 0 Å². The Labute approximate surface area is 179 Å². The number of hydrazone groups is 1. The van der Waals surface area contributed by atoms with Crippen LogP contribution in [0.1, 0.15) is 16.7 Å². The molecule has 4 rings (SSSR count). The lowest BCUT2D eigenvalue weighted by Crippen LogP contribution is -1.99. The molecule has 1 aromatic heterocycles. The van der Waals surface area contributed by atoms with Gasteiger partial charge in [0.05, 0.1) is 24.4 Å². The van der Waals surface area contributed by atoms with E-state index in [1.54, 1.807) is 13.3 Å². The van der Waals surface area contributed by atoms with Gasteiger partial charge in [-0.2, -0.15) is 5.10 Å². The molecule has 152 valence electrons. The van der Waals surface area contributed by atoms with Crippen LogP contribution in [0.2, 0.25) is 5.02 Å². The van der Waals surface area contributed by atoms with E-state index in [2.05, 4.69) is 20.5 Å². The Morgan fingerprint density at radius 1 is 1.10 bits per heavy atom. The van der Waals surface area contributed by atoms with Crippen molar-refractivity contribution in [1.82, 2.24) is 9.97 Å². The first-order valence-electron chi connectivity index (χ1n) is 9.41. The second-order valence-electron chi connectivity index (χ2n) is 6.80. The molecule has 0 atom stereocenters. The summed E-state index contributed by atoms with van der Waals surface area (Å²) in [6.45, 7) is 2.44. The van der Waals surface area contributed by atoms with Gasteiger partial charge in [-0.15, -0.1) is 0 Å². The Balaban J connectivity index is 1.42. The highest BCUT2D eigenvalue weighted by Crippen LogP contribution is 2.28. The maximum Gasteiger partial charge on any atom is 0.222 e. The molecule has 0 saturated carbocycles.